The van der Waals surface area contributed by atoms with Crippen molar-refractivity contribution in [1.82, 2.24) is 35.2 Å². The Morgan fingerprint density at radius 2 is 1.97 bits per heavy atom. The van der Waals surface area contributed by atoms with Gasteiger partial charge in [0.15, 0.2) is 0 Å². The molecule has 3 N–H and O–H groups in total. The summed E-state index contributed by atoms with van der Waals surface area (Å²) in [5, 5.41) is 14.5. The standard InChI is InChI=1S/C21H23N7O/c1-27-4-6-28(7-5-27)13-14-2-3-15-9-20(24-18(15)8-14)17-10-19(25-26-21(17)29)16-11-22-23-12-16/h2-3,8-12,24H,4-7,13H2,1H3,(H,22,23)(H,26,29). The smallest absolute Gasteiger partial charge is 0.273 e. The fraction of sp³-hybridized carbons (Fsp3) is 0.286. The summed E-state index contributed by atoms with van der Waals surface area (Å²) in [7, 11) is 2.17. The number of hydrogen-bond donors (Lipinski definition) is 3. The van der Waals surface area contributed by atoms with Crippen molar-refractivity contribution < 1.29 is 0 Å². The van der Waals surface area contributed by atoms with E-state index in [1.165, 1.54) is 5.56 Å². The lowest BCUT2D eigenvalue weighted by Gasteiger charge is -2.32. The Kier molecular flexibility index (Phi) is 4.49. The molecule has 1 fully saturated rings. The molecule has 5 rings (SSSR count). The number of rotatable bonds is 4. The number of aromatic amines is 3. The third-order valence-corrected chi connectivity index (χ3v) is 5.58. The lowest BCUT2D eigenvalue weighted by atomic mass is 10.1. The Morgan fingerprint density at radius 3 is 2.76 bits per heavy atom. The van der Waals surface area contributed by atoms with Crippen LogP contribution in [0.5, 0.6) is 0 Å². The first kappa shape index (κ1) is 17.8. The Hall–Kier alpha value is -3.23. The van der Waals surface area contributed by atoms with Crippen LogP contribution in [0.1, 0.15) is 5.56 Å². The third kappa shape index (κ3) is 3.59. The van der Waals surface area contributed by atoms with Crippen LogP contribution < -0.4 is 5.56 Å². The summed E-state index contributed by atoms with van der Waals surface area (Å²) in [4.78, 5) is 20.7. The van der Waals surface area contributed by atoms with E-state index in [0.717, 1.165) is 54.9 Å². The minimum absolute atomic E-state index is 0.221. The average molecular weight is 389 g/mol. The normalized spacial score (nSPS) is 15.9. The van der Waals surface area contributed by atoms with Crippen molar-refractivity contribution in [1.29, 1.82) is 0 Å². The van der Waals surface area contributed by atoms with E-state index in [1.807, 2.05) is 6.07 Å². The first-order chi connectivity index (χ1) is 14.2. The Labute approximate surface area is 167 Å². The van der Waals surface area contributed by atoms with Gasteiger partial charge in [0.05, 0.1) is 23.1 Å². The zero-order valence-electron chi connectivity index (χ0n) is 16.3. The van der Waals surface area contributed by atoms with Gasteiger partial charge in [0.1, 0.15) is 0 Å². The molecule has 1 aliphatic heterocycles. The van der Waals surface area contributed by atoms with E-state index in [0.29, 0.717) is 11.3 Å². The van der Waals surface area contributed by atoms with Crippen LogP contribution in [-0.2, 0) is 6.54 Å². The second-order valence-corrected chi connectivity index (χ2v) is 7.67. The van der Waals surface area contributed by atoms with Crippen LogP contribution in [0.2, 0.25) is 0 Å². The van der Waals surface area contributed by atoms with Gasteiger partial charge in [-0.25, -0.2) is 5.10 Å². The summed E-state index contributed by atoms with van der Waals surface area (Å²) in [5.74, 6) is 0. The second kappa shape index (κ2) is 7.31. The maximum atomic E-state index is 12.4. The van der Waals surface area contributed by atoms with Crippen LogP contribution in [0.3, 0.4) is 0 Å². The Balaban J connectivity index is 1.44. The summed E-state index contributed by atoms with van der Waals surface area (Å²) in [6.45, 7) is 5.34. The molecule has 0 unspecified atom stereocenters. The second-order valence-electron chi connectivity index (χ2n) is 7.67. The molecule has 0 amide bonds. The van der Waals surface area contributed by atoms with Crippen molar-refractivity contribution in [2.75, 3.05) is 33.2 Å². The molecule has 0 saturated carbocycles. The summed E-state index contributed by atoms with van der Waals surface area (Å²) in [5.41, 5.74) is 4.93. The minimum atomic E-state index is -0.221. The summed E-state index contributed by atoms with van der Waals surface area (Å²) in [6.07, 6.45) is 3.43. The van der Waals surface area contributed by atoms with Crippen LogP contribution in [0.4, 0.5) is 0 Å². The molecule has 1 aromatic carbocycles. The molecular weight excluding hydrogens is 366 g/mol. The molecule has 0 radical (unpaired) electrons. The molecule has 29 heavy (non-hydrogen) atoms. The predicted octanol–water partition coefficient (Wildman–Crippen LogP) is 2.06. The molecule has 8 heteroatoms. The van der Waals surface area contributed by atoms with Crippen LogP contribution in [0.25, 0.3) is 33.4 Å². The van der Waals surface area contributed by atoms with Gasteiger partial charge in [0.2, 0.25) is 0 Å². The number of piperazine rings is 1. The zero-order valence-corrected chi connectivity index (χ0v) is 16.3. The van der Waals surface area contributed by atoms with Crippen LogP contribution in [0, 0.1) is 0 Å². The highest BCUT2D eigenvalue weighted by atomic mass is 16.1. The summed E-state index contributed by atoms with van der Waals surface area (Å²) < 4.78 is 0. The largest absolute Gasteiger partial charge is 0.354 e. The number of hydrogen-bond acceptors (Lipinski definition) is 5. The minimum Gasteiger partial charge on any atom is -0.354 e. The molecule has 1 saturated heterocycles. The lowest BCUT2D eigenvalue weighted by molar-refractivity contribution is 0.148. The van der Waals surface area contributed by atoms with Crippen molar-refractivity contribution >= 4 is 10.9 Å². The highest BCUT2D eigenvalue weighted by Gasteiger charge is 2.15. The van der Waals surface area contributed by atoms with Crippen molar-refractivity contribution in [3.8, 4) is 22.5 Å². The van der Waals surface area contributed by atoms with Crippen LogP contribution in [-0.4, -0.2) is 68.4 Å². The molecular formula is C21H23N7O. The quantitative estimate of drug-likeness (QED) is 0.496. The van der Waals surface area contributed by atoms with Gasteiger partial charge < -0.3 is 9.88 Å². The number of likely N-dealkylation sites (N-methyl/N-ethyl adjacent to an activating group) is 1. The average Bonchev–Trinajstić information content (AvgIpc) is 3.40. The van der Waals surface area contributed by atoms with Gasteiger partial charge in [-0.1, -0.05) is 12.1 Å². The van der Waals surface area contributed by atoms with E-state index >= 15 is 0 Å². The number of fused-ring (bicyclic) bond motifs is 1. The highest BCUT2D eigenvalue weighted by Crippen LogP contribution is 2.25. The van der Waals surface area contributed by atoms with Gasteiger partial charge in [-0.15, -0.1) is 0 Å². The zero-order chi connectivity index (χ0) is 19.8. The monoisotopic (exact) mass is 389 g/mol. The van der Waals surface area contributed by atoms with E-state index in [1.54, 1.807) is 18.5 Å². The Bertz CT molecular complexity index is 1180. The number of nitrogens with one attached hydrogen (secondary N) is 3. The van der Waals surface area contributed by atoms with Gasteiger partial charge in [0, 0.05) is 55.4 Å². The number of H-pyrrole nitrogens is 3. The van der Waals surface area contributed by atoms with Gasteiger partial charge >= 0.3 is 0 Å². The number of nitrogens with zero attached hydrogens (tertiary/aromatic N) is 4. The number of benzene rings is 1. The Morgan fingerprint density at radius 1 is 1.10 bits per heavy atom. The first-order valence-corrected chi connectivity index (χ1v) is 9.77. The van der Waals surface area contributed by atoms with Crippen molar-refractivity contribution in [2.45, 2.75) is 6.54 Å². The van der Waals surface area contributed by atoms with Gasteiger partial charge in [-0.05, 0) is 30.8 Å². The van der Waals surface area contributed by atoms with E-state index in [-0.39, 0.29) is 5.56 Å². The molecule has 3 aromatic heterocycles. The summed E-state index contributed by atoms with van der Waals surface area (Å²) in [6, 6.07) is 10.3. The highest BCUT2D eigenvalue weighted by molar-refractivity contribution is 5.86. The first-order valence-electron chi connectivity index (χ1n) is 9.77. The molecule has 0 spiro atoms. The molecule has 0 bridgehead atoms. The van der Waals surface area contributed by atoms with Gasteiger partial charge in [0.25, 0.3) is 5.56 Å². The molecule has 8 nitrogen and oxygen atoms in total. The number of aromatic nitrogens is 5. The fourth-order valence-corrected chi connectivity index (χ4v) is 3.83. The van der Waals surface area contributed by atoms with Crippen molar-refractivity contribution in [3.63, 3.8) is 0 Å². The SMILES string of the molecule is CN1CCN(Cc2ccc3cc(-c4cc(-c5cn[nH]c5)n[nH]c4=O)[nH]c3c2)CC1. The van der Waals surface area contributed by atoms with Crippen LogP contribution in [0.15, 0.2) is 47.5 Å². The third-order valence-electron chi connectivity index (χ3n) is 5.58. The van der Waals surface area contributed by atoms with E-state index in [4.69, 9.17) is 0 Å². The molecule has 148 valence electrons. The molecule has 0 aliphatic carbocycles. The van der Waals surface area contributed by atoms with E-state index in [2.05, 4.69) is 60.4 Å². The van der Waals surface area contributed by atoms with Crippen molar-refractivity contribution in [2.24, 2.45) is 0 Å². The maximum absolute atomic E-state index is 12.4. The molecule has 4 heterocycles. The fourth-order valence-electron chi connectivity index (χ4n) is 3.83. The molecule has 1 aliphatic rings. The van der Waals surface area contributed by atoms with Gasteiger partial charge in [-0.2, -0.15) is 10.2 Å². The van der Waals surface area contributed by atoms with Crippen LogP contribution >= 0.6 is 0 Å². The van der Waals surface area contributed by atoms with Crippen molar-refractivity contribution in [3.05, 3.63) is 58.6 Å². The lowest BCUT2D eigenvalue weighted by Crippen LogP contribution is -2.43. The van der Waals surface area contributed by atoms with Gasteiger partial charge in [-0.3, -0.25) is 14.8 Å². The molecule has 0 atom stereocenters. The molecule has 4 aromatic rings. The maximum Gasteiger partial charge on any atom is 0.273 e. The van der Waals surface area contributed by atoms with E-state index < -0.39 is 0 Å². The van der Waals surface area contributed by atoms with E-state index in [9.17, 15) is 4.79 Å². The predicted molar refractivity (Wildman–Crippen MR) is 113 cm³/mol. The topological polar surface area (TPSA) is 96.7 Å². The summed E-state index contributed by atoms with van der Waals surface area (Å²) >= 11 is 0.